The molecule has 0 saturated heterocycles. The van der Waals surface area contributed by atoms with Crippen molar-refractivity contribution in [2.24, 2.45) is 12.0 Å². The van der Waals surface area contributed by atoms with Gasteiger partial charge in [-0.1, -0.05) is 24.3 Å². The number of fused-ring (bicyclic) bond motifs is 2. The zero-order valence-corrected chi connectivity index (χ0v) is 17.4. The average molecular weight is 440 g/mol. The van der Waals surface area contributed by atoms with E-state index in [2.05, 4.69) is 25.6 Å². The summed E-state index contributed by atoms with van der Waals surface area (Å²) in [7, 11) is -1.79. The average Bonchev–Trinajstić information content (AvgIpc) is 3.20. The minimum atomic E-state index is -3.62. The molecule has 1 aliphatic heterocycles. The Morgan fingerprint density at radius 3 is 2.58 bits per heavy atom. The van der Waals surface area contributed by atoms with Crippen molar-refractivity contribution in [1.29, 1.82) is 0 Å². The van der Waals surface area contributed by atoms with Crippen LogP contribution < -0.4 is 15.6 Å². The number of aromatic nitrogens is 2. The van der Waals surface area contributed by atoms with Crippen LogP contribution in [0.25, 0.3) is 11.0 Å². The van der Waals surface area contributed by atoms with E-state index in [-0.39, 0.29) is 30.1 Å². The highest BCUT2D eigenvalue weighted by atomic mass is 32.2. The fourth-order valence-electron chi connectivity index (χ4n) is 3.26. The molecule has 1 aliphatic rings. The zero-order valence-electron chi connectivity index (χ0n) is 16.6. The first-order valence-corrected chi connectivity index (χ1v) is 11.0. The Balaban J connectivity index is 1.28. The number of sulfonamides is 1. The van der Waals surface area contributed by atoms with Crippen LogP contribution in [0.1, 0.15) is 17.8 Å². The van der Waals surface area contributed by atoms with Crippen molar-refractivity contribution in [2.75, 3.05) is 6.54 Å². The first kappa shape index (κ1) is 20.5. The van der Waals surface area contributed by atoms with Crippen LogP contribution in [0, 0.1) is 0 Å². The zero-order chi connectivity index (χ0) is 22.0. The number of imidazole rings is 1. The van der Waals surface area contributed by atoms with Crippen molar-refractivity contribution in [3.05, 3.63) is 59.9 Å². The smallest absolute Gasteiger partial charge is 0.263 e. The normalized spacial score (nSPS) is 15.5. The summed E-state index contributed by atoms with van der Waals surface area (Å²) in [5, 5.41) is 0. The van der Waals surface area contributed by atoms with Gasteiger partial charge in [-0.05, 0) is 24.3 Å². The van der Waals surface area contributed by atoms with Gasteiger partial charge in [0, 0.05) is 19.0 Å². The van der Waals surface area contributed by atoms with Crippen LogP contribution >= 0.6 is 0 Å². The molecule has 0 saturated carbocycles. The number of aliphatic imine (C=N–C) groups is 1. The van der Waals surface area contributed by atoms with Crippen molar-refractivity contribution in [1.82, 2.24) is 25.1 Å². The fraction of sp³-hybridized carbons (Fsp3) is 0.200. The molecular formula is C20H20N6O4S. The van der Waals surface area contributed by atoms with Gasteiger partial charge in [0.05, 0.1) is 28.9 Å². The SMILES string of the molecule is Cn1c(CC(=O)NNC(=O)CCN=C2NS(=O)(=O)c3ccccc32)nc2ccccc21. The second-order valence-electron chi connectivity index (χ2n) is 6.93. The Hall–Kier alpha value is -3.73. The van der Waals surface area contributed by atoms with E-state index in [0.29, 0.717) is 11.4 Å². The number of benzene rings is 2. The number of hydrogen-bond acceptors (Lipinski definition) is 6. The lowest BCUT2D eigenvalue weighted by molar-refractivity contribution is -0.128. The standard InChI is InChI=1S/C20H20N6O4S/c1-26-15-8-4-3-7-14(15)22-17(26)12-19(28)24-23-18(27)10-11-21-20-13-6-2-5-9-16(13)31(29,30)25-20/h2-9H,10-12H2,1H3,(H,21,25)(H,23,27)(H,24,28). The molecule has 3 N–H and O–H groups in total. The van der Waals surface area contributed by atoms with Crippen molar-refractivity contribution in [3.8, 4) is 0 Å². The Bertz CT molecular complexity index is 1310. The molecule has 1 aromatic heterocycles. The van der Waals surface area contributed by atoms with Gasteiger partial charge in [-0.25, -0.2) is 13.4 Å². The fourth-order valence-corrected chi connectivity index (χ4v) is 4.51. The molecule has 160 valence electrons. The molecule has 10 nitrogen and oxygen atoms in total. The first-order valence-electron chi connectivity index (χ1n) is 9.50. The summed E-state index contributed by atoms with van der Waals surface area (Å²) < 4.78 is 28.3. The molecule has 2 heterocycles. The number of aryl methyl sites for hydroxylation is 1. The summed E-state index contributed by atoms with van der Waals surface area (Å²) in [6.45, 7) is 0.0542. The molecule has 4 rings (SSSR count). The highest BCUT2D eigenvalue weighted by Crippen LogP contribution is 2.22. The number of hydrazine groups is 1. The molecule has 0 atom stereocenters. The number of amides is 2. The summed E-state index contributed by atoms with van der Waals surface area (Å²) in [6.07, 6.45) is -0.0215. The quantitative estimate of drug-likeness (QED) is 0.494. The van der Waals surface area contributed by atoms with E-state index in [0.717, 1.165) is 11.0 Å². The van der Waals surface area contributed by atoms with E-state index in [1.807, 2.05) is 35.9 Å². The third kappa shape index (κ3) is 4.26. The van der Waals surface area contributed by atoms with E-state index in [1.165, 1.54) is 6.07 Å². The predicted molar refractivity (Wildman–Crippen MR) is 113 cm³/mol. The van der Waals surface area contributed by atoms with Crippen LogP contribution in [0.3, 0.4) is 0 Å². The van der Waals surface area contributed by atoms with Crippen molar-refractivity contribution in [2.45, 2.75) is 17.7 Å². The molecule has 0 bridgehead atoms. The summed E-state index contributed by atoms with van der Waals surface area (Å²) >= 11 is 0. The van der Waals surface area contributed by atoms with Gasteiger partial charge in [0.25, 0.3) is 10.0 Å². The maximum absolute atomic E-state index is 12.2. The molecule has 2 aromatic carbocycles. The van der Waals surface area contributed by atoms with Crippen LogP contribution in [-0.2, 0) is 33.1 Å². The maximum Gasteiger partial charge on any atom is 0.263 e. The molecule has 0 fully saturated rings. The number of amidine groups is 1. The number of carbonyl (C=O) groups excluding carboxylic acids is 2. The second kappa shape index (κ2) is 8.19. The van der Waals surface area contributed by atoms with Crippen LogP contribution in [0.5, 0.6) is 0 Å². The van der Waals surface area contributed by atoms with E-state index < -0.39 is 21.8 Å². The van der Waals surface area contributed by atoms with E-state index in [1.54, 1.807) is 18.2 Å². The Morgan fingerprint density at radius 2 is 1.77 bits per heavy atom. The van der Waals surface area contributed by atoms with Gasteiger partial charge < -0.3 is 4.57 Å². The first-order chi connectivity index (χ1) is 14.8. The molecular weight excluding hydrogens is 420 g/mol. The Kier molecular flexibility index (Phi) is 5.42. The van der Waals surface area contributed by atoms with E-state index >= 15 is 0 Å². The van der Waals surface area contributed by atoms with E-state index in [4.69, 9.17) is 0 Å². The van der Waals surface area contributed by atoms with Crippen molar-refractivity contribution in [3.63, 3.8) is 0 Å². The highest BCUT2D eigenvalue weighted by molar-refractivity contribution is 7.90. The van der Waals surface area contributed by atoms with Gasteiger partial charge in [-0.15, -0.1) is 0 Å². The molecule has 0 aliphatic carbocycles. The maximum atomic E-state index is 12.2. The van der Waals surface area contributed by atoms with Crippen LogP contribution in [0.4, 0.5) is 0 Å². The highest BCUT2D eigenvalue weighted by Gasteiger charge is 2.29. The third-order valence-electron chi connectivity index (χ3n) is 4.81. The van der Waals surface area contributed by atoms with Crippen LogP contribution in [-0.4, -0.2) is 42.2 Å². The molecule has 2 amide bonds. The van der Waals surface area contributed by atoms with Gasteiger partial charge >= 0.3 is 0 Å². The molecule has 0 spiro atoms. The summed E-state index contributed by atoms with van der Waals surface area (Å²) in [5.74, 6) is -0.0757. The summed E-state index contributed by atoms with van der Waals surface area (Å²) in [6, 6.07) is 14.0. The lowest BCUT2D eigenvalue weighted by Gasteiger charge is -2.07. The predicted octanol–water partition coefficient (Wildman–Crippen LogP) is 0.392. The largest absolute Gasteiger partial charge is 0.331 e. The molecule has 11 heteroatoms. The van der Waals surface area contributed by atoms with Crippen LogP contribution in [0.15, 0.2) is 58.4 Å². The van der Waals surface area contributed by atoms with Gasteiger partial charge in [-0.2, -0.15) is 0 Å². The number of nitrogens with zero attached hydrogens (tertiary/aromatic N) is 3. The van der Waals surface area contributed by atoms with Crippen molar-refractivity contribution >= 4 is 38.7 Å². The monoisotopic (exact) mass is 440 g/mol. The number of carbonyl (C=O) groups is 2. The van der Waals surface area contributed by atoms with E-state index in [9.17, 15) is 18.0 Å². The van der Waals surface area contributed by atoms with Gasteiger partial charge in [-0.3, -0.25) is 30.2 Å². The minimum Gasteiger partial charge on any atom is -0.331 e. The van der Waals surface area contributed by atoms with Gasteiger partial charge in [0.2, 0.25) is 11.8 Å². The molecule has 0 radical (unpaired) electrons. The summed E-state index contributed by atoms with van der Waals surface area (Å²) in [4.78, 5) is 32.9. The number of nitrogens with one attached hydrogen (secondary N) is 3. The Labute approximate surface area is 178 Å². The summed E-state index contributed by atoms with van der Waals surface area (Å²) in [5.41, 5.74) is 6.87. The molecule has 3 aromatic rings. The Morgan fingerprint density at radius 1 is 1.06 bits per heavy atom. The second-order valence-corrected chi connectivity index (χ2v) is 8.58. The van der Waals surface area contributed by atoms with Crippen LogP contribution in [0.2, 0.25) is 0 Å². The molecule has 0 unspecified atom stereocenters. The third-order valence-corrected chi connectivity index (χ3v) is 6.21. The lowest BCUT2D eigenvalue weighted by atomic mass is 10.2. The molecule has 31 heavy (non-hydrogen) atoms. The number of rotatable bonds is 5. The number of para-hydroxylation sites is 2. The topological polar surface area (TPSA) is 135 Å². The number of hydrogen-bond donors (Lipinski definition) is 3. The minimum absolute atomic E-state index is 0.00627. The lowest BCUT2D eigenvalue weighted by Crippen LogP contribution is -2.42. The van der Waals surface area contributed by atoms with Gasteiger partial charge in [0.15, 0.2) is 0 Å². The van der Waals surface area contributed by atoms with Gasteiger partial charge in [0.1, 0.15) is 11.7 Å². The van der Waals surface area contributed by atoms with Crippen molar-refractivity contribution < 1.29 is 18.0 Å².